The van der Waals surface area contributed by atoms with E-state index in [1.54, 1.807) is 48.5 Å². The Balaban J connectivity index is 1.69. The molecule has 0 fully saturated rings. The van der Waals surface area contributed by atoms with Crippen molar-refractivity contribution < 1.29 is 23.6 Å². The molecule has 0 aliphatic heterocycles. The molecule has 3 aromatic rings. The largest absolute Gasteiger partial charge is 0.497 e. The number of hydrogen-bond donors (Lipinski definition) is 1. The summed E-state index contributed by atoms with van der Waals surface area (Å²) in [6, 6.07) is 14.3. The SMILES string of the molecule is CCOc1ccc(C(=O)N/N=C\c2ccc(-c3ccc(OC)cc3[N+](=O)[O-])o2)cc1. The van der Waals surface area contributed by atoms with E-state index in [4.69, 9.17) is 13.9 Å². The van der Waals surface area contributed by atoms with Crippen molar-refractivity contribution in [2.24, 2.45) is 5.10 Å². The van der Waals surface area contributed by atoms with Crippen LogP contribution in [-0.2, 0) is 0 Å². The smallest absolute Gasteiger partial charge is 0.284 e. The number of hydrogen-bond acceptors (Lipinski definition) is 7. The van der Waals surface area contributed by atoms with Gasteiger partial charge in [0.1, 0.15) is 23.0 Å². The minimum atomic E-state index is -0.509. The molecule has 1 amide bonds. The van der Waals surface area contributed by atoms with Crippen molar-refractivity contribution in [3.8, 4) is 22.8 Å². The minimum Gasteiger partial charge on any atom is -0.497 e. The van der Waals surface area contributed by atoms with Crippen molar-refractivity contribution in [3.63, 3.8) is 0 Å². The molecule has 9 heteroatoms. The van der Waals surface area contributed by atoms with E-state index in [9.17, 15) is 14.9 Å². The first kappa shape index (κ1) is 20.6. The molecule has 0 aliphatic rings. The number of furan rings is 1. The predicted octanol–water partition coefficient (Wildman–Crippen LogP) is 4.03. The van der Waals surface area contributed by atoms with Gasteiger partial charge in [0, 0.05) is 5.56 Å². The molecule has 0 radical (unpaired) electrons. The molecule has 0 saturated carbocycles. The number of carbonyl (C=O) groups is 1. The molecule has 0 atom stereocenters. The van der Waals surface area contributed by atoms with Crippen LogP contribution in [-0.4, -0.2) is 30.8 Å². The fourth-order valence-corrected chi connectivity index (χ4v) is 2.65. The second-order valence-corrected chi connectivity index (χ2v) is 6.00. The lowest BCUT2D eigenvalue weighted by atomic mass is 10.1. The molecule has 30 heavy (non-hydrogen) atoms. The number of hydrazone groups is 1. The summed E-state index contributed by atoms with van der Waals surface area (Å²) in [7, 11) is 1.43. The molecule has 2 aromatic carbocycles. The van der Waals surface area contributed by atoms with Gasteiger partial charge in [-0.15, -0.1) is 0 Å². The third kappa shape index (κ3) is 4.82. The van der Waals surface area contributed by atoms with Crippen molar-refractivity contribution in [2.75, 3.05) is 13.7 Å². The van der Waals surface area contributed by atoms with Gasteiger partial charge < -0.3 is 13.9 Å². The maximum absolute atomic E-state index is 12.1. The highest BCUT2D eigenvalue weighted by molar-refractivity contribution is 5.94. The summed E-state index contributed by atoms with van der Waals surface area (Å²) in [5.41, 5.74) is 2.98. The molecule has 1 N–H and O–H groups in total. The number of nitro benzene ring substituents is 1. The third-order valence-electron chi connectivity index (χ3n) is 4.08. The summed E-state index contributed by atoms with van der Waals surface area (Å²) >= 11 is 0. The Labute approximate surface area is 172 Å². The number of nitro groups is 1. The van der Waals surface area contributed by atoms with Crippen molar-refractivity contribution in [2.45, 2.75) is 6.92 Å². The normalized spacial score (nSPS) is 10.7. The van der Waals surface area contributed by atoms with Gasteiger partial charge in [-0.1, -0.05) is 0 Å². The standard InChI is InChI=1S/C21H19N3O6/c1-3-29-15-6-4-14(5-7-15)21(25)23-22-13-17-9-11-20(30-17)18-10-8-16(28-2)12-19(18)24(26)27/h4-13H,3H2,1-2H3,(H,23,25)/b22-13-. The molecule has 0 saturated heterocycles. The number of carbonyl (C=O) groups excluding carboxylic acids is 1. The summed E-state index contributed by atoms with van der Waals surface area (Å²) in [4.78, 5) is 23.0. The van der Waals surface area contributed by atoms with Gasteiger partial charge in [0.25, 0.3) is 11.6 Å². The Morgan fingerprint density at radius 2 is 1.90 bits per heavy atom. The Kier molecular flexibility index (Phi) is 6.43. The van der Waals surface area contributed by atoms with Crippen LogP contribution in [0.2, 0.25) is 0 Å². The molecular weight excluding hydrogens is 390 g/mol. The molecule has 0 bridgehead atoms. The zero-order chi connectivity index (χ0) is 21.5. The average Bonchev–Trinajstić information content (AvgIpc) is 3.22. The summed E-state index contributed by atoms with van der Waals surface area (Å²) in [6.07, 6.45) is 1.31. The van der Waals surface area contributed by atoms with Crippen molar-refractivity contribution in [1.82, 2.24) is 5.43 Å². The molecule has 0 spiro atoms. The molecule has 154 valence electrons. The fourth-order valence-electron chi connectivity index (χ4n) is 2.65. The second-order valence-electron chi connectivity index (χ2n) is 6.00. The number of methoxy groups -OCH3 is 1. The molecule has 0 aliphatic carbocycles. The lowest BCUT2D eigenvalue weighted by Crippen LogP contribution is -2.17. The highest BCUT2D eigenvalue weighted by Gasteiger charge is 2.19. The fraction of sp³-hybridized carbons (Fsp3) is 0.143. The second kappa shape index (κ2) is 9.37. The molecule has 9 nitrogen and oxygen atoms in total. The van der Waals surface area contributed by atoms with Gasteiger partial charge in [-0.3, -0.25) is 14.9 Å². The van der Waals surface area contributed by atoms with Crippen LogP contribution in [0.4, 0.5) is 5.69 Å². The van der Waals surface area contributed by atoms with E-state index < -0.39 is 10.8 Å². The zero-order valence-electron chi connectivity index (χ0n) is 16.3. The van der Waals surface area contributed by atoms with Gasteiger partial charge in [-0.05, 0) is 55.5 Å². The summed E-state index contributed by atoms with van der Waals surface area (Å²) in [5, 5.41) is 15.2. The Morgan fingerprint density at radius 1 is 1.17 bits per heavy atom. The summed E-state index contributed by atoms with van der Waals surface area (Å²) in [6.45, 7) is 2.42. The van der Waals surface area contributed by atoms with Crippen LogP contribution in [0.5, 0.6) is 11.5 Å². The number of nitrogens with zero attached hydrogens (tertiary/aromatic N) is 2. The molecular formula is C21H19N3O6. The average molecular weight is 409 g/mol. The van der Waals surface area contributed by atoms with E-state index in [-0.39, 0.29) is 5.69 Å². The summed E-state index contributed by atoms with van der Waals surface area (Å²) < 4.78 is 16.0. The van der Waals surface area contributed by atoms with Gasteiger partial charge in [0.2, 0.25) is 0 Å². The number of rotatable bonds is 8. The van der Waals surface area contributed by atoms with Crippen LogP contribution in [0.1, 0.15) is 23.0 Å². The van der Waals surface area contributed by atoms with E-state index in [2.05, 4.69) is 10.5 Å². The topological polar surface area (TPSA) is 116 Å². The van der Waals surface area contributed by atoms with E-state index in [1.165, 1.54) is 19.4 Å². The van der Waals surface area contributed by atoms with Crippen LogP contribution in [0, 0.1) is 10.1 Å². The van der Waals surface area contributed by atoms with E-state index in [0.29, 0.717) is 40.8 Å². The van der Waals surface area contributed by atoms with Gasteiger partial charge in [0.05, 0.1) is 36.5 Å². The first-order valence-electron chi connectivity index (χ1n) is 9.00. The van der Waals surface area contributed by atoms with Crippen LogP contribution in [0.3, 0.4) is 0 Å². The van der Waals surface area contributed by atoms with Crippen molar-refractivity contribution in [3.05, 3.63) is 76.0 Å². The van der Waals surface area contributed by atoms with Crippen LogP contribution < -0.4 is 14.9 Å². The number of ether oxygens (including phenoxy) is 2. The predicted molar refractivity (Wildman–Crippen MR) is 110 cm³/mol. The molecule has 1 aromatic heterocycles. The monoisotopic (exact) mass is 409 g/mol. The number of nitrogens with one attached hydrogen (secondary N) is 1. The lowest BCUT2D eigenvalue weighted by Gasteiger charge is -2.04. The Hall–Kier alpha value is -4.14. The van der Waals surface area contributed by atoms with Crippen LogP contribution in [0.25, 0.3) is 11.3 Å². The number of benzene rings is 2. The van der Waals surface area contributed by atoms with Gasteiger partial charge >= 0.3 is 0 Å². The first-order valence-corrected chi connectivity index (χ1v) is 9.00. The van der Waals surface area contributed by atoms with Crippen LogP contribution >= 0.6 is 0 Å². The van der Waals surface area contributed by atoms with Gasteiger partial charge in [0.15, 0.2) is 0 Å². The van der Waals surface area contributed by atoms with Crippen molar-refractivity contribution in [1.29, 1.82) is 0 Å². The van der Waals surface area contributed by atoms with E-state index in [0.717, 1.165) is 0 Å². The molecule has 0 unspecified atom stereocenters. The Morgan fingerprint density at radius 3 is 2.57 bits per heavy atom. The Bertz CT molecular complexity index is 1070. The highest BCUT2D eigenvalue weighted by Crippen LogP contribution is 2.33. The summed E-state index contributed by atoms with van der Waals surface area (Å²) in [5.74, 6) is 1.27. The maximum atomic E-state index is 12.1. The third-order valence-corrected chi connectivity index (χ3v) is 4.08. The zero-order valence-corrected chi connectivity index (χ0v) is 16.3. The number of amides is 1. The molecule has 3 rings (SSSR count). The minimum absolute atomic E-state index is 0.143. The quantitative estimate of drug-likeness (QED) is 0.341. The van der Waals surface area contributed by atoms with E-state index >= 15 is 0 Å². The maximum Gasteiger partial charge on any atom is 0.284 e. The van der Waals surface area contributed by atoms with Gasteiger partial charge in [-0.25, -0.2) is 5.43 Å². The lowest BCUT2D eigenvalue weighted by molar-refractivity contribution is -0.384. The van der Waals surface area contributed by atoms with Crippen LogP contribution in [0.15, 0.2) is 64.1 Å². The highest BCUT2D eigenvalue weighted by atomic mass is 16.6. The molecule has 1 heterocycles. The van der Waals surface area contributed by atoms with E-state index in [1.807, 2.05) is 6.92 Å². The first-order chi connectivity index (χ1) is 14.5. The van der Waals surface area contributed by atoms with Crippen molar-refractivity contribution >= 4 is 17.8 Å². The van der Waals surface area contributed by atoms with Gasteiger partial charge in [-0.2, -0.15) is 5.10 Å².